The molecule has 222 valence electrons. The lowest BCUT2D eigenvalue weighted by atomic mass is 9.94. The van der Waals surface area contributed by atoms with Crippen LogP contribution in [0, 0.1) is 13.8 Å². The molecule has 0 aliphatic heterocycles. The first-order valence-electron chi connectivity index (χ1n) is 13.4. The fourth-order valence-corrected chi connectivity index (χ4v) is 4.86. The van der Waals surface area contributed by atoms with Gasteiger partial charge in [0, 0.05) is 12.7 Å². The highest BCUT2D eigenvalue weighted by Gasteiger charge is 2.32. The van der Waals surface area contributed by atoms with E-state index >= 15 is 0 Å². The Morgan fingerprint density at radius 3 is 2.49 bits per heavy atom. The summed E-state index contributed by atoms with van der Waals surface area (Å²) in [7, 11) is 1.48. The van der Waals surface area contributed by atoms with Crippen molar-refractivity contribution >= 4 is 5.97 Å². The Morgan fingerprint density at radius 2 is 1.80 bits per heavy atom. The number of carboxylic acids is 1. The van der Waals surface area contributed by atoms with Gasteiger partial charge in [-0.25, -0.2) is 9.78 Å². The largest absolute Gasteiger partial charge is 0.491 e. The van der Waals surface area contributed by atoms with Crippen molar-refractivity contribution in [3.05, 3.63) is 70.1 Å². The molecule has 2 aromatic carbocycles. The molecule has 1 aliphatic rings. The molecule has 1 N–H and O–H groups in total. The van der Waals surface area contributed by atoms with E-state index in [1.165, 1.54) is 13.2 Å². The Morgan fingerprint density at radius 1 is 1.07 bits per heavy atom. The van der Waals surface area contributed by atoms with Crippen molar-refractivity contribution in [2.24, 2.45) is 0 Å². The van der Waals surface area contributed by atoms with Crippen molar-refractivity contribution in [1.82, 2.24) is 4.98 Å². The first kappa shape index (κ1) is 30.5. The van der Waals surface area contributed by atoms with E-state index in [1.807, 2.05) is 6.07 Å². The first-order valence-corrected chi connectivity index (χ1v) is 13.4. The summed E-state index contributed by atoms with van der Waals surface area (Å²) in [6.45, 7) is 4.10. The highest BCUT2D eigenvalue weighted by molar-refractivity contribution is 5.91. The zero-order valence-electron chi connectivity index (χ0n) is 23.3. The molecule has 41 heavy (non-hydrogen) atoms. The zero-order chi connectivity index (χ0) is 29.6. The summed E-state index contributed by atoms with van der Waals surface area (Å²) in [6, 6.07) is 8.70. The van der Waals surface area contributed by atoms with Gasteiger partial charge in [-0.3, -0.25) is 0 Å². The quantitative estimate of drug-likeness (QED) is 0.236. The van der Waals surface area contributed by atoms with E-state index in [0.29, 0.717) is 29.0 Å². The third kappa shape index (κ3) is 8.08. The number of oxazole rings is 1. The van der Waals surface area contributed by atoms with Gasteiger partial charge in [0.25, 0.3) is 0 Å². The topological polar surface area (TPSA) is 100 Å². The van der Waals surface area contributed by atoms with Crippen molar-refractivity contribution < 1.29 is 46.4 Å². The molecule has 11 heteroatoms. The van der Waals surface area contributed by atoms with E-state index in [2.05, 4.69) is 4.98 Å². The SMILES string of the molecule is COCCOc1cc(-c2nc(COC3CCCC(OCc4cccc(C)c4C(=O)O)C3)c(C)o2)cc(C(F)(F)F)c1. The molecule has 2 atom stereocenters. The fourth-order valence-electron chi connectivity index (χ4n) is 4.86. The summed E-state index contributed by atoms with van der Waals surface area (Å²) in [5.41, 5.74) is 1.35. The van der Waals surface area contributed by atoms with Crippen LogP contribution in [-0.2, 0) is 33.6 Å². The summed E-state index contributed by atoms with van der Waals surface area (Å²) in [5, 5.41) is 9.56. The summed E-state index contributed by atoms with van der Waals surface area (Å²) in [4.78, 5) is 16.1. The monoisotopic (exact) mass is 577 g/mol. The minimum Gasteiger partial charge on any atom is -0.491 e. The molecule has 0 radical (unpaired) electrons. The fraction of sp³-hybridized carbons (Fsp3) is 0.467. The van der Waals surface area contributed by atoms with E-state index in [-0.39, 0.29) is 61.4 Å². The molecule has 0 amide bonds. The highest BCUT2D eigenvalue weighted by Crippen LogP contribution is 2.36. The number of rotatable bonds is 12. The zero-order valence-corrected chi connectivity index (χ0v) is 23.3. The minimum absolute atomic E-state index is 0.0370. The molecule has 1 fully saturated rings. The lowest BCUT2D eigenvalue weighted by Gasteiger charge is -2.29. The second kappa shape index (κ2) is 13.5. The lowest BCUT2D eigenvalue weighted by molar-refractivity contribution is -0.137. The van der Waals surface area contributed by atoms with Crippen molar-refractivity contribution in [3.8, 4) is 17.2 Å². The number of halogens is 3. The summed E-state index contributed by atoms with van der Waals surface area (Å²) >= 11 is 0. The number of carbonyl (C=O) groups is 1. The van der Waals surface area contributed by atoms with Crippen LogP contribution < -0.4 is 4.74 Å². The number of methoxy groups -OCH3 is 1. The predicted octanol–water partition coefficient (Wildman–Crippen LogP) is 6.75. The molecule has 3 aromatic rings. The number of ether oxygens (including phenoxy) is 4. The van der Waals surface area contributed by atoms with Crippen molar-refractivity contribution in [1.29, 1.82) is 0 Å². The number of hydrogen-bond acceptors (Lipinski definition) is 7. The molecule has 1 aliphatic carbocycles. The molecule has 0 bridgehead atoms. The highest BCUT2D eigenvalue weighted by atomic mass is 19.4. The van der Waals surface area contributed by atoms with Gasteiger partial charge in [-0.2, -0.15) is 13.2 Å². The van der Waals surface area contributed by atoms with Crippen molar-refractivity contribution in [2.75, 3.05) is 20.3 Å². The Balaban J connectivity index is 1.39. The Kier molecular flexibility index (Phi) is 10.1. The second-order valence-electron chi connectivity index (χ2n) is 10.1. The Bertz CT molecular complexity index is 1340. The van der Waals surface area contributed by atoms with Crippen LogP contribution in [-0.4, -0.2) is 48.6 Å². The standard InChI is InChI=1S/C30H34F3NO7/c1-18-6-4-7-20(27(18)29(35)36)16-39-23-8-5-9-24(15-23)40-17-26-19(2)41-28(34-26)21-12-22(30(31,32)33)14-25(13-21)38-11-10-37-3/h4,6-7,12-14,23-24H,5,8-11,15-17H2,1-3H3,(H,35,36). The average molecular weight is 578 g/mol. The van der Waals surface area contributed by atoms with Crippen LogP contribution in [0.2, 0.25) is 0 Å². The number of aryl methyl sites for hydroxylation is 2. The third-order valence-electron chi connectivity index (χ3n) is 7.01. The molecular formula is C30H34F3NO7. The molecule has 1 heterocycles. The number of aromatic nitrogens is 1. The minimum atomic E-state index is -4.57. The molecular weight excluding hydrogens is 543 g/mol. The van der Waals surface area contributed by atoms with Crippen LogP contribution in [0.3, 0.4) is 0 Å². The number of carboxylic acid groups (broad SMARTS) is 1. The number of hydrogen-bond donors (Lipinski definition) is 1. The molecule has 4 rings (SSSR count). The molecule has 0 saturated heterocycles. The van der Waals surface area contributed by atoms with Gasteiger partial charge in [0.2, 0.25) is 5.89 Å². The maximum absolute atomic E-state index is 13.5. The maximum atomic E-state index is 13.5. The van der Waals surface area contributed by atoms with Gasteiger partial charge in [-0.05, 0) is 68.9 Å². The van der Waals surface area contributed by atoms with E-state index in [1.54, 1.807) is 26.0 Å². The summed E-state index contributed by atoms with van der Waals surface area (Å²) in [6.07, 6.45) is -1.60. The maximum Gasteiger partial charge on any atom is 0.416 e. The van der Waals surface area contributed by atoms with Crippen LogP contribution >= 0.6 is 0 Å². The molecule has 2 unspecified atom stereocenters. The molecule has 8 nitrogen and oxygen atoms in total. The number of aromatic carboxylic acids is 1. The summed E-state index contributed by atoms with van der Waals surface area (Å²) < 4.78 is 68.9. The third-order valence-corrected chi connectivity index (χ3v) is 7.01. The van der Waals surface area contributed by atoms with Gasteiger partial charge < -0.3 is 28.5 Å². The molecule has 1 aromatic heterocycles. The van der Waals surface area contributed by atoms with E-state index < -0.39 is 17.7 Å². The van der Waals surface area contributed by atoms with Crippen molar-refractivity contribution in [2.45, 2.75) is 71.1 Å². The van der Waals surface area contributed by atoms with Gasteiger partial charge in [-0.1, -0.05) is 18.2 Å². The first-order chi connectivity index (χ1) is 19.5. The van der Waals surface area contributed by atoms with Crippen LogP contribution in [0.4, 0.5) is 13.2 Å². The molecule has 1 saturated carbocycles. The van der Waals surface area contributed by atoms with Crippen LogP contribution in [0.1, 0.15) is 64.2 Å². The van der Waals surface area contributed by atoms with Crippen molar-refractivity contribution in [3.63, 3.8) is 0 Å². The Hall–Kier alpha value is -3.41. The smallest absolute Gasteiger partial charge is 0.416 e. The van der Waals surface area contributed by atoms with Gasteiger partial charge in [0.15, 0.2) is 0 Å². The van der Waals surface area contributed by atoms with Gasteiger partial charge in [0.05, 0.1) is 43.2 Å². The van der Waals surface area contributed by atoms with E-state index in [0.717, 1.165) is 31.4 Å². The van der Waals surface area contributed by atoms with Crippen LogP contribution in [0.5, 0.6) is 5.75 Å². The van der Waals surface area contributed by atoms with E-state index in [4.69, 9.17) is 23.4 Å². The Labute approximate surface area is 236 Å². The van der Waals surface area contributed by atoms with Gasteiger partial charge in [0.1, 0.15) is 23.8 Å². The number of nitrogens with zero attached hydrogens (tertiary/aromatic N) is 1. The van der Waals surface area contributed by atoms with Crippen LogP contribution in [0.25, 0.3) is 11.5 Å². The van der Waals surface area contributed by atoms with E-state index in [9.17, 15) is 23.1 Å². The normalized spacial score (nSPS) is 17.5. The predicted molar refractivity (Wildman–Crippen MR) is 143 cm³/mol. The van der Waals surface area contributed by atoms with Gasteiger partial charge in [-0.15, -0.1) is 0 Å². The summed E-state index contributed by atoms with van der Waals surface area (Å²) in [5.74, 6) is -0.451. The average Bonchev–Trinajstić information content (AvgIpc) is 3.30. The lowest BCUT2D eigenvalue weighted by Crippen LogP contribution is -2.28. The number of benzene rings is 2. The number of alkyl halides is 3. The second-order valence-corrected chi connectivity index (χ2v) is 10.1. The van der Waals surface area contributed by atoms with Crippen LogP contribution in [0.15, 0.2) is 40.8 Å². The van der Waals surface area contributed by atoms with Gasteiger partial charge >= 0.3 is 12.1 Å². The molecule has 0 spiro atoms.